The minimum Gasteiger partial charge on any atom is -0.465 e. The summed E-state index contributed by atoms with van der Waals surface area (Å²) in [5, 5.41) is 10.7. The molecule has 0 aliphatic rings. The molecule has 0 spiro atoms. The molecule has 1 aromatic carbocycles. The van der Waals surface area contributed by atoms with E-state index in [2.05, 4.69) is 10.1 Å². The largest absolute Gasteiger partial charge is 0.465 e. The number of esters is 1. The number of rotatable bonds is 4. The van der Waals surface area contributed by atoms with E-state index in [4.69, 9.17) is 5.41 Å². The Bertz CT molecular complexity index is 550. The van der Waals surface area contributed by atoms with Gasteiger partial charge in [-0.3, -0.25) is 0 Å². The smallest absolute Gasteiger partial charge is 0.340 e. The van der Waals surface area contributed by atoms with E-state index in [1.54, 1.807) is 14.0 Å². The van der Waals surface area contributed by atoms with Crippen molar-refractivity contribution in [3.8, 4) is 0 Å². The summed E-state index contributed by atoms with van der Waals surface area (Å²) in [6, 6.07) is 4.14. The van der Waals surface area contributed by atoms with Crippen molar-refractivity contribution in [1.82, 2.24) is 5.32 Å². The highest BCUT2D eigenvalue weighted by Crippen LogP contribution is 2.22. The van der Waals surface area contributed by atoms with Gasteiger partial charge in [0.1, 0.15) is 5.82 Å². The maximum absolute atomic E-state index is 13.6. The van der Waals surface area contributed by atoms with Gasteiger partial charge in [0, 0.05) is 24.0 Å². The van der Waals surface area contributed by atoms with Crippen LogP contribution in [0.4, 0.5) is 4.39 Å². The second kappa shape index (κ2) is 6.13. The van der Waals surface area contributed by atoms with Gasteiger partial charge in [0.05, 0.1) is 12.7 Å². The van der Waals surface area contributed by atoms with Crippen LogP contribution in [0.1, 0.15) is 29.8 Å². The van der Waals surface area contributed by atoms with Gasteiger partial charge in [-0.05, 0) is 31.5 Å². The lowest BCUT2D eigenvalue weighted by Crippen LogP contribution is -2.11. The molecule has 2 N–H and O–H groups in total. The van der Waals surface area contributed by atoms with Crippen LogP contribution in [0.25, 0.3) is 5.57 Å². The van der Waals surface area contributed by atoms with Crippen molar-refractivity contribution in [3.63, 3.8) is 0 Å². The Morgan fingerprint density at radius 1 is 1.37 bits per heavy atom. The Hall–Kier alpha value is -2.17. The monoisotopic (exact) mass is 264 g/mol. The molecule has 0 unspecified atom stereocenters. The lowest BCUT2D eigenvalue weighted by molar-refractivity contribution is 0.0595. The molecule has 0 heterocycles. The Morgan fingerprint density at radius 3 is 2.47 bits per heavy atom. The highest BCUT2D eigenvalue weighted by molar-refractivity contribution is 6.22. The van der Waals surface area contributed by atoms with Crippen molar-refractivity contribution in [3.05, 3.63) is 40.8 Å². The van der Waals surface area contributed by atoms with E-state index in [0.717, 1.165) is 5.70 Å². The highest BCUT2D eigenvalue weighted by atomic mass is 19.1. The number of methoxy groups -OCH3 is 1. The summed E-state index contributed by atoms with van der Waals surface area (Å²) in [5.74, 6) is -1.37. The molecule has 5 heteroatoms. The Labute approximate surface area is 111 Å². The number of hydrogen-bond donors (Lipinski definition) is 2. The molecule has 0 bridgehead atoms. The van der Waals surface area contributed by atoms with Crippen LogP contribution in [0.2, 0.25) is 0 Å². The van der Waals surface area contributed by atoms with Crippen LogP contribution in [0.3, 0.4) is 0 Å². The van der Waals surface area contributed by atoms with E-state index in [1.807, 2.05) is 6.92 Å². The summed E-state index contributed by atoms with van der Waals surface area (Å²) in [7, 11) is 2.94. The molecule has 0 aromatic heterocycles. The summed E-state index contributed by atoms with van der Waals surface area (Å²) in [5.41, 5.74) is 2.20. The first-order chi connectivity index (χ1) is 8.92. The molecule has 19 heavy (non-hydrogen) atoms. The minimum atomic E-state index is -0.733. The zero-order chi connectivity index (χ0) is 14.6. The van der Waals surface area contributed by atoms with Gasteiger partial charge in [0.2, 0.25) is 0 Å². The molecule has 0 amide bonds. The molecule has 1 aromatic rings. The number of carbonyl (C=O) groups excluding carboxylic acids is 1. The number of hydrogen-bond acceptors (Lipinski definition) is 4. The number of halogens is 1. The summed E-state index contributed by atoms with van der Waals surface area (Å²) < 4.78 is 18.1. The quantitative estimate of drug-likeness (QED) is 0.649. The normalized spacial score (nSPS) is 11.6. The fourth-order valence-electron chi connectivity index (χ4n) is 1.79. The lowest BCUT2D eigenvalue weighted by Gasteiger charge is -2.12. The van der Waals surface area contributed by atoms with Crippen LogP contribution < -0.4 is 5.32 Å². The molecular weight excluding hydrogens is 247 g/mol. The maximum Gasteiger partial charge on any atom is 0.340 e. The third kappa shape index (κ3) is 3.19. The van der Waals surface area contributed by atoms with E-state index in [9.17, 15) is 9.18 Å². The van der Waals surface area contributed by atoms with Crippen molar-refractivity contribution >= 4 is 17.3 Å². The Balaban J connectivity index is 3.43. The Morgan fingerprint density at radius 2 is 2.00 bits per heavy atom. The topological polar surface area (TPSA) is 62.2 Å². The molecule has 4 nitrogen and oxygen atoms in total. The summed E-state index contributed by atoms with van der Waals surface area (Å²) >= 11 is 0. The molecule has 1 rings (SSSR count). The molecule has 0 fully saturated rings. The van der Waals surface area contributed by atoms with E-state index in [1.165, 1.54) is 25.3 Å². The molecule has 0 atom stereocenters. The number of ether oxygens (including phenoxy) is 1. The van der Waals surface area contributed by atoms with Crippen LogP contribution in [-0.4, -0.2) is 25.8 Å². The van der Waals surface area contributed by atoms with E-state index >= 15 is 0 Å². The second-order valence-corrected chi connectivity index (χ2v) is 4.06. The molecule has 0 saturated heterocycles. The lowest BCUT2D eigenvalue weighted by atomic mass is 9.98. The van der Waals surface area contributed by atoms with Crippen molar-refractivity contribution in [2.75, 3.05) is 14.2 Å². The van der Waals surface area contributed by atoms with Gasteiger partial charge in [-0.25, -0.2) is 9.18 Å². The first-order valence-electron chi connectivity index (χ1n) is 5.74. The highest BCUT2D eigenvalue weighted by Gasteiger charge is 2.16. The second-order valence-electron chi connectivity index (χ2n) is 4.06. The molecule has 102 valence electrons. The summed E-state index contributed by atoms with van der Waals surface area (Å²) in [4.78, 5) is 11.5. The number of nitrogens with one attached hydrogen (secondary N) is 2. The van der Waals surface area contributed by atoms with Gasteiger partial charge in [-0.2, -0.15) is 0 Å². The van der Waals surface area contributed by atoms with E-state index in [0.29, 0.717) is 16.8 Å². The molecular formula is C14H17FN2O2. The zero-order valence-electron chi connectivity index (χ0n) is 11.4. The van der Waals surface area contributed by atoms with Gasteiger partial charge >= 0.3 is 5.97 Å². The fraction of sp³-hybridized carbons (Fsp3) is 0.286. The van der Waals surface area contributed by atoms with Crippen LogP contribution >= 0.6 is 0 Å². The number of allylic oxidation sites excluding steroid dienone is 2. The van der Waals surface area contributed by atoms with Gasteiger partial charge in [-0.15, -0.1) is 0 Å². The third-order valence-electron chi connectivity index (χ3n) is 2.79. The first kappa shape index (κ1) is 14.9. The first-order valence-corrected chi connectivity index (χ1v) is 5.74. The standard InChI is InChI=1S/C14H17FN2O2/c1-8(16)13(9(2)17-3)10-5-6-12(15)11(7-10)14(18)19-4/h5-7,16-17H,1-4H3/b13-9+,16-8?. The van der Waals surface area contributed by atoms with Crippen LogP contribution in [0.15, 0.2) is 23.9 Å². The van der Waals surface area contributed by atoms with Crippen LogP contribution in [0.5, 0.6) is 0 Å². The minimum absolute atomic E-state index is 0.136. The third-order valence-corrected chi connectivity index (χ3v) is 2.79. The average Bonchev–Trinajstić information content (AvgIpc) is 2.39. The van der Waals surface area contributed by atoms with Crippen molar-refractivity contribution in [1.29, 1.82) is 5.41 Å². The molecule has 0 aliphatic heterocycles. The van der Waals surface area contributed by atoms with Gasteiger partial charge in [0.25, 0.3) is 0 Å². The summed E-state index contributed by atoms with van der Waals surface area (Å²) in [6.07, 6.45) is 0. The predicted octanol–water partition coefficient (Wildman–Crippen LogP) is 2.60. The van der Waals surface area contributed by atoms with E-state index < -0.39 is 11.8 Å². The summed E-state index contributed by atoms with van der Waals surface area (Å²) in [6.45, 7) is 3.45. The molecule has 0 aliphatic carbocycles. The SMILES string of the molecule is CN/C(C)=C(\C(C)=N)c1ccc(F)c(C(=O)OC)c1. The van der Waals surface area contributed by atoms with Crippen molar-refractivity contribution in [2.24, 2.45) is 0 Å². The molecule has 0 radical (unpaired) electrons. The van der Waals surface area contributed by atoms with E-state index in [-0.39, 0.29) is 5.56 Å². The maximum atomic E-state index is 13.6. The predicted molar refractivity (Wildman–Crippen MR) is 72.8 cm³/mol. The van der Waals surface area contributed by atoms with Crippen molar-refractivity contribution in [2.45, 2.75) is 13.8 Å². The zero-order valence-corrected chi connectivity index (χ0v) is 11.4. The van der Waals surface area contributed by atoms with Gasteiger partial charge in [0.15, 0.2) is 0 Å². The van der Waals surface area contributed by atoms with Crippen molar-refractivity contribution < 1.29 is 13.9 Å². The average molecular weight is 264 g/mol. The Kier molecular flexibility index (Phi) is 4.80. The molecule has 0 saturated carbocycles. The van der Waals surface area contributed by atoms with Crippen LogP contribution in [0, 0.1) is 11.2 Å². The number of carbonyl (C=O) groups is 1. The fourth-order valence-corrected chi connectivity index (χ4v) is 1.79. The number of benzene rings is 1. The van der Waals surface area contributed by atoms with Crippen LogP contribution in [-0.2, 0) is 4.74 Å². The van der Waals surface area contributed by atoms with Gasteiger partial charge < -0.3 is 15.5 Å². The van der Waals surface area contributed by atoms with Gasteiger partial charge in [-0.1, -0.05) is 6.07 Å².